The Morgan fingerprint density at radius 2 is 1.59 bits per heavy atom. The Morgan fingerprint density at radius 1 is 0.912 bits per heavy atom. The van der Waals surface area contributed by atoms with Crippen molar-refractivity contribution in [3.63, 3.8) is 0 Å². The van der Waals surface area contributed by atoms with E-state index in [4.69, 9.17) is 15.1 Å². The van der Waals surface area contributed by atoms with Crippen molar-refractivity contribution in [2.75, 3.05) is 31.1 Å². The summed E-state index contributed by atoms with van der Waals surface area (Å²) in [6.45, 7) is 6.99. The number of hydrogen-bond acceptors (Lipinski definition) is 5. The van der Waals surface area contributed by atoms with Gasteiger partial charge in [-0.25, -0.2) is 14.6 Å². The van der Waals surface area contributed by atoms with Crippen molar-refractivity contribution >= 4 is 22.8 Å². The molecule has 0 radical (unpaired) electrons. The number of amides is 1. The third-order valence-corrected chi connectivity index (χ3v) is 6.37. The zero-order valence-electron chi connectivity index (χ0n) is 19.8. The number of nitrogens with zero attached hydrogens (tertiary/aromatic N) is 6. The number of aryl methyl sites for hydroxylation is 2. The van der Waals surface area contributed by atoms with Crippen LogP contribution in [0.5, 0.6) is 0 Å². The minimum atomic E-state index is 0.0878. The number of carbonyl (C=O) groups is 1. The van der Waals surface area contributed by atoms with Crippen molar-refractivity contribution < 1.29 is 4.79 Å². The molecule has 1 aliphatic rings. The summed E-state index contributed by atoms with van der Waals surface area (Å²) in [6.07, 6.45) is 2.97. The van der Waals surface area contributed by atoms with Crippen molar-refractivity contribution in [1.82, 2.24) is 24.6 Å². The van der Waals surface area contributed by atoms with Crippen LogP contribution >= 0.6 is 0 Å². The molecule has 0 bridgehead atoms. The molecule has 1 amide bonds. The van der Waals surface area contributed by atoms with E-state index in [9.17, 15) is 4.79 Å². The van der Waals surface area contributed by atoms with Crippen LogP contribution in [0.1, 0.15) is 41.6 Å². The van der Waals surface area contributed by atoms with E-state index in [0.717, 1.165) is 72.0 Å². The number of benzene rings is 2. The Morgan fingerprint density at radius 3 is 2.26 bits per heavy atom. The first kappa shape index (κ1) is 22.1. The smallest absolute Gasteiger partial charge is 0.253 e. The predicted molar refractivity (Wildman–Crippen MR) is 135 cm³/mol. The molecule has 3 heterocycles. The molecular formula is C27H30N6O. The number of anilines is 1. The molecule has 0 N–H and O–H groups in total. The quantitative estimate of drug-likeness (QED) is 0.431. The number of aromatic nitrogens is 4. The second-order valence-corrected chi connectivity index (χ2v) is 8.74. The van der Waals surface area contributed by atoms with Crippen molar-refractivity contribution in [3.8, 4) is 5.69 Å². The van der Waals surface area contributed by atoms with E-state index in [1.54, 1.807) is 0 Å². The lowest BCUT2D eigenvalue weighted by molar-refractivity contribution is 0.0746. The second-order valence-electron chi connectivity index (χ2n) is 8.74. The van der Waals surface area contributed by atoms with Gasteiger partial charge in [0.25, 0.3) is 5.91 Å². The summed E-state index contributed by atoms with van der Waals surface area (Å²) in [6, 6.07) is 19.6. The third kappa shape index (κ3) is 4.25. The van der Waals surface area contributed by atoms with Crippen LogP contribution in [0, 0.1) is 6.92 Å². The Hall–Kier alpha value is -3.74. The molecule has 0 saturated carbocycles. The van der Waals surface area contributed by atoms with Crippen molar-refractivity contribution in [3.05, 3.63) is 77.7 Å². The fourth-order valence-corrected chi connectivity index (χ4v) is 4.51. The summed E-state index contributed by atoms with van der Waals surface area (Å²) in [5.41, 5.74) is 3.49. The van der Waals surface area contributed by atoms with E-state index < -0.39 is 0 Å². The fourth-order valence-electron chi connectivity index (χ4n) is 4.51. The minimum absolute atomic E-state index is 0.0878. The zero-order chi connectivity index (χ0) is 23.5. The lowest BCUT2D eigenvalue weighted by Crippen LogP contribution is -2.49. The van der Waals surface area contributed by atoms with Crippen LogP contribution < -0.4 is 4.90 Å². The summed E-state index contributed by atoms with van der Waals surface area (Å²) in [5, 5.41) is 5.84. The van der Waals surface area contributed by atoms with Gasteiger partial charge in [0, 0.05) is 38.2 Å². The highest BCUT2D eigenvalue weighted by atomic mass is 16.2. The molecule has 2 aromatic heterocycles. The molecule has 0 unspecified atom stereocenters. The first-order valence-electron chi connectivity index (χ1n) is 12.1. The van der Waals surface area contributed by atoms with Gasteiger partial charge in [0.2, 0.25) is 0 Å². The van der Waals surface area contributed by atoms with Crippen molar-refractivity contribution in [2.45, 2.75) is 33.1 Å². The molecule has 2 aromatic carbocycles. The van der Waals surface area contributed by atoms with Gasteiger partial charge in [0.15, 0.2) is 5.65 Å². The highest BCUT2D eigenvalue weighted by Gasteiger charge is 2.26. The Labute approximate surface area is 200 Å². The molecule has 5 rings (SSSR count). The summed E-state index contributed by atoms with van der Waals surface area (Å²) in [7, 11) is 0. The molecule has 0 spiro atoms. The lowest BCUT2D eigenvalue weighted by Gasteiger charge is -2.35. The van der Waals surface area contributed by atoms with E-state index >= 15 is 0 Å². The maximum Gasteiger partial charge on any atom is 0.253 e. The molecule has 1 aliphatic heterocycles. The summed E-state index contributed by atoms with van der Waals surface area (Å²) in [5.74, 6) is 1.87. The number of carbonyl (C=O) groups excluding carboxylic acids is 1. The molecule has 1 fully saturated rings. The van der Waals surface area contributed by atoms with Gasteiger partial charge in [-0.15, -0.1) is 0 Å². The largest absolute Gasteiger partial charge is 0.352 e. The van der Waals surface area contributed by atoms with Gasteiger partial charge in [-0.3, -0.25) is 4.79 Å². The van der Waals surface area contributed by atoms with Crippen LogP contribution in [0.3, 0.4) is 0 Å². The van der Waals surface area contributed by atoms with Crippen LogP contribution in [0.15, 0.2) is 60.7 Å². The van der Waals surface area contributed by atoms with Gasteiger partial charge in [-0.2, -0.15) is 5.10 Å². The Kier molecular flexibility index (Phi) is 6.25. The molecule has 7 heteroatoms. The highest BCUT2D eigenvalue weighted by molar-refractivity contribution is 5.94. The second kappa shape index (κ2) is 9.63. The van der Waals surface area contributed by atoms with Crippen LogP contribution in [-0.2, 0) is 6.42 Å². The molecule has 0 atom stereocenters. The molecule has 0 aliphatic carbocycles. The number of fused-ring (bicyclic) bond motifs is 1. The van der Waals surface area contributed by atoms with Gasteiger partial charge in [-0.1, -0.05) is 49.7 Å². The van der Waals surface area contributed by atoms with Gasteiger partial charge >= 0.3 is 0 Å². The SMILES string of the molecule is CCCCc1nc(N2CCN(C(=O)c3ccccc3)CC2)c2c(C)nn(-c3ccccc3)c2n1. The standard InChI is InChI=1S/C27H30N6O/c1-3-4-15-23-28-25(24-20(2)30-33(26(24)29-23)22-13-9-6-10-14-22)31-16-18-32(19-17-31)27(34)21-11-7-5-8-12-21/h5-14H,3-4,15-19H2,1-2H3. The molecule has 4 aromatic rings. The molecular weight excluding hydrogens is 424 g/mol. The monoisotopic (exact) mass is 454 g/mol. The van der Waals surface area contributed by atoms with E-state index in [2.05, 4.69) is 11.8 Å². The minimum Gasteiger partial charge on any atom is -0.352 e. The van der Waals surface area contributed by atoms with E-state index in [1.807, 2.05) is 77.2 Å². The molecule has 34 heavy (non-hydrogen) atoms. The van der Waals surface area contributed by atoms with E-state index in [0.29, 0.717) is 13.1 Å². The van der Waals surface area contributed by atoms with Gasteiger partial charge in [0.1, 0.15) is 11.6 Å². The number of rotatable bonds is 6. The maximum absolute atomic E-state index is 12.9. The number of piperazine rings is 1. The average Bonchev–Trinajstić information content (AvgIpc) is 3.24. The topological polar surface area (TPSA) is 67.2 Å². The van der Waals surface area contributed by atoms with Crippen molar-refractivity contribution in [1.29, 1.82) is 0 Å². The molecule has 7 nitrogen and oxygen atoms in total. The van der Waals surface area contributed by atoms with Gasteiger partial charge < -0.3 is 9.80 Å². The Balaban J connectivity index is 1.48. The maximum atomic E-state index is 12.9. The lowest BCUT2D eigenvalue weighted by atomic mass is 10.1. The molecule has 1 saturated heterocycles. The van der Waals surface area contributed by atoms with Gasteiger partial charge in [-0.05, 0) is 37.6 Å². The van der Waals surface area contributed by atoms with Gasteiger partial charge in [0.05, 0.1) is 16.8 Å². The van der Waals surface area contributed by atoms with Crippen molar-refractivity contribution in [2.24, 2.45) is 0 Å². The predicted octanol–water partition coefficient (Wildman–Crippen LogP) is 4.43. The summed E-state index contributed by atoms with van der Waals surface area (Å²) < 4.78 is 1.93. The van der Waals surface area contributed by atoms with Crippen LogP contribution in [-0.4, -0.2) is 56.7 Å². The highest BCUT2D eigenvalue weighted by Crippen LogP contribution is 2.30. The number of para-hydroxylation sites is 1. The Bertz CT molecular complexity index is 1280. The first-order chi connectivity index (χ1) is 16.7. The first-order valence-corrected chi connectivity index (χ1v) is 12.1. The fraction of sp³-hybridized carbons (Fsp3) is 0.333. The average molecular weight is 455 g/mol. The summed E-state index contributed by atoms with van der Waals surface area (Å²) in [4.78, 5) is 27.1. The van der Waals surface area contributed by atoms with Crippen LogP contribution in [0.25, 0.3) is 16.7 Å². The summed E-state index contributed by atoms with van der Waals surface area (Å²) >= 11 is 0. The molecule has 174 valence electrons. The van der Waals surface area contributed by atoms with E-state index in [-0.39, 0.29) is 5.91 Å². The van der Waals surface area contributed by atoms with Crippen LogP contribution in [0.4, 0.5) is 5.82 Å². The third-order valence-electron chi connectivity index (χ3n) is 6.37. The number of unbranched alkanes of at least 4 members (excludes halogenated alkanes) is 1. The number of hydrogen-bond donors (Lipinski definition) is 0. The van der Waals surface area contributed by atoms with Crippen LogP contribution in [0.2, 0.25) is 0 Å². The van der Waals surface area contributed by atoms with E-state index in [1.165, 1.54) is 0 Å². The normalized spacial score (nSPS) is 14.1. The zero-order valence-corrected chi connectivity index (χ0v) is 19.8.